The van der Waals surface area contributed by atoms with Crippen molar-refractivity contribution in [2.24, 2.45) is 0 Å². The predicted molar refractivity (Wildman–Crippen MR) is 145 cm³/mol. The summed E-state index contributed by atoms with van der Waals surface area (Å²) < 4.78 is 26.7. The molecule has 196 valence electrons. The second kappa shape index (κ2) is 12.1. The first-order valence-corrected chi connectivity index (χ1v) is 14.6. The van der Waals surface area contributed by atoms with Crippen molar-refractivity contribution < 1.29 is 18.0 Å². The standard InChI is InChI=1S/C27H36ClN3O4S/c1-5-24(27(33)29-22-13-8-9-14-22)30(17-21-12-7-6-11-19(21)2)26(32)18-31(36(4,34)35)25-16-10-15-23(28)20(25)3/h6-7,10-12,15-16,22,24H,5,8-9,13-14,17-18H2,1-4H3,(H,29,33)/t24-/m1/s1. The summed E-state index contributed by atoms with van der Waals surface area (Å²) in [5.74, 6) is -0.646. The van der Waals surface area contributed by atoms with Crippen LogP contribution in [0, 0.1) is 13.8 Å². The number of rotatable bonds is 10. The van der Waals surface area contributed by atoms with E-state index in [1.165, 1.54) is 4.90 Å². The molecule has 1 saturated carbocycles. The molecule has 1 aliphatic rings. The van der Waals surface area contributed by atoms with Gasteiger partial charge in [0, 0.05) is 17.6 Å². The number of benzene rings is 2. The van der Waals surface area contributed by atoms with Gasteiger partial charge in [-0.2, -0.15) is 0 Å². The Morgan fingerprint density at radius 2 is 1.75 bits per heavy atom. The SMILES string of the molecule is CC[C@H](C(=O)NC1CCCC1)N(Cc1ccccc1C)C(=O)CN(c1cccc(Cl)c1C)S(C)(=O)=O. The van der Waals surface area contributed by atoms with Crippen LogP contribution in [0.3, 0.4) is 0 Å². The molecular formula is C27H36ClN3O4S. The third kappa shape index (κ3) is 6.79. The fourth-order valence-corrected chi connectivity index (χ4v) is 5.79. The van der Waals surface area contributed by atoms with Crippen LogP contribution in [0.25, 0.3) is 0 Å². The Balaban J connectivity index is 1.96. The molecule has 2 aromatic rings. The van der Waals surface area contributed by atoms with E-state index in [0.29, 0.717) is 22.7 Å². The fourth-order valence-electron chi connectivity index (χ4n) is 4.72. The van der Waals surface area contributed by atoms with Crippen LogP contribution in [0.1, 0.15) is 55.7 Å². The molecule has 1 fully saturated rings. The van der Waals surface area contributed by atoms with Crippen LogP contribution in [-0.4, -0.2) is 50.0 Å². The zero-order valence-corrected chi connectivity index (χ0v) is 23.0. The van der Waals surface area contributed by atoms with Crippen LogP contribution < -0.4 is 9.62 Å². The smallest absolute Gasteiger partial charge is 0.244 e. The maximum atomic E-state index is 13.8. The number of hydrogen-bond donors (Lipinski definition) is 1. The van der Waals surface area contributed by atoms with Gasteiger partial charge in [0.2, 0.25) is 21.8 Å². The van der Waals surface area contributed by atoms with E-state index < -0.39 is 28.5 Å². The summed E-state index contributed by atoms with van der Waals surface area (Å²) >= 11 is 6.26. The second-order valence-electron chi connectivity index (χ2n) is 9.52. The molecule has 2 amide bonds. The lowest BCUT2D eigenvalue weighted by Gasteiger charge is -2.34. The molecule has 0 heterocycles. The third-order valence-corrected chi connectivity index (χ3v) is 8.41. The van der Waals surface area contributed by atoms with Crippen molar-refractivity contribution in [2.75, 3.05) is 17.1 Å². The van der Waals surface area contributed by atoms with Crippen LogP contribution in [0.5, 0.6) is 0 Å². The van der Waals surface area contributed by atoms with Crippen molar-refractivity contribution in [2.45, 2.75) is 71.5 Å². The maximum Gasteiger partial charge on any atom is 0.244 e. The number of anilines is 1. The molecule has 0 saturated heterocycles. The monoisotopic (exact) mass is 533 g/mol. The Hall–Kier alpha value is -2.58. The van der Waals surface area contributed by atoms with Gasteiger partial charge >= 0.3 is 0 Å². The van der Waals surface area contributed by atoms with Crippen molar-refractivity contribution in [1.29, 1.82) is 0 Å². The largest absolute Gasteiger partial charge is 0.352 e. The lowest BCUT2D eigenvalue weighted by atomic mass is 10.1. The van der Waals surface area contributed by atoms with Gasteiger partial charge in [0.15, 0.2) is 0 Å². The van der Waals surface area contributed by atoms with Crippen molar-refractivity contribution in [3.63, 3.8) is 0 Å². The van der Waals surface area contributed by atoms with E-state index in [9.17, 15) is 18.0 Å². The van der Waals surface area contributed by atoms with Crippen LogP contribution in [0.4, 0.5) is 5.69 Å². The maximum absolute atomic E-state index is 13.8. The first-order valence-electron chi connectivity index (χ1n) is 12.4. The molecule has 0 aromatic heterocycles. The van der Waals surface area contributed by atoms with Gasteiger partial charge < -0.3 is 10.2 Å². The summed E-state index contributed by atoms with van der Waals surface area (Å²) in [6.07, 6.45) is 5.50. The molecule has 0 spiro atoms. The second-order valence-corrected chi connectivity index (χ2v) is 11.8. The van der Waals surface area contributed by atoms with Crippen LogP contribution >= 0.6 is 11.6 Å². The minimum absolute atomic E-state index is 0.114. The topological polar surface area (TPSA) is 86.8 Å². The summed E-state index contributed by atoms with van der Waals surface area (Å²) in [7, 11) is -3.81. The highest BCUT2D eigenvalue weighted by Gasteiger charge is 2.33. The van der Waals surface area contributed by atoms with Crippen molar-refractivity contribution in [3.8, 4) is 0 Å². The van der Waals surface area contributed by atoms with E-state index >= 15 is 0 Å². The molecule has 2 aromatic carbocycles. The minimum Gasteiger partial charge on any atom is -0.352 e. The van der Waals surface area contributed by atoms with Crippen LogP contribution in [0.2, 0.25) is 5.02 Å². The Morgan fingerprint density at radius 1 is 1.08 bits per heavy atom. The summed E-state index contributed by atoms with van der Waals surface area (Å²) in [6, 6.07) is 12.0. The number of carbonyl (C=O) groups is 2. The number of hydrogen-bond acceptors (Lipinski definition) is 4. The summed E-state index contributed by atoms with van der Waals surface area (Å²) in [5.41, 5.74) is 2.81. The van der Waals surface area contributed by atoms with Crippen molar-refractivity contribution in [3.05, 3.63) is 64.2 Å². The summed E-state index contributed by atoms with van der Waals surface area (Å²) in [4.78, 5) is 28.7. The zero-order chi connectivity index (χ0) is 26.5. The normalized spacial score (nSPS) is 14.9. The first-order chi connectivity index (χ1) is 17.0. The highest BCUT2D eigenvalue weighted by molar-refractivity contribution is 7.92. The van der Waals surface area contributed by atoms with Gasteiger partial charge in [0.05, 0.1) is 11.9 Å². The molecule has 9 heteroatoms. The van der Waals surface area contributed by atoms with Crippen molar-refractivity contribution >= 4 is 39.1 Å². The Morgan fingerprint density at radius 3 is 2.36 bits per heavy atom. The molecule has 7 nitrogen and oxygen atoms in total. The van der Waals surface area contributed by atoms with E-state index in [1.807, 2.05) is 38.1 Å². The number of halogens is 1. The quantitative estimate of drug-likeness (QED) is 0.484. The molecule has 0 unspecified atom stereocenters. The van der Waals surface area contributed by atoms with Crippen LogP contribution in [0.15, 0.2) is 42.5 Å². The molecular weight excluding hydrogens is 498 g/mol. The summed E-state index contributed by atoms with van der Waals surface area (Å²) in [6.45, 7) is 5.31. The molecule has 1 aliphatic carbocycles. The van der Waals surface area contributed by atoms with E-state index in [0.717, 1.165) is 47.4 Å². The zero-order valence-electron chi connectivity index (χ0n) is 21.5. The van der Waals surface area contributed by atoms with Gasteiger partial charge in [0.1, 0.15) is 12.6 Å². The van der Waals surface area contributed by atoms with Gasteiger partial charge in [-0.3, -0.25) is 13.9 Å². The number of amides is 2. The number of carbonyl (C=O) groups excluding carboxylic acids is 2. The third-order valence-electron chi connectivity index (χ3n) is 6.88. The number of nitrogens with one attached hydrogen (secondary N) is 1. The molecule has 0 bridgehead atoms. The molecule has 3 rings (SSSR count). The molecule has 0 radical (unpaired) electrons. The Labute approximate surface area is 219 Å². The molecule has 1 N–H and O–H groups in total. The predicted octanol–water partition coefficient (Wildman–Crippen LogP) is 4.59. The van der Waals surface area contributed by atoms with E-state index in [2.05, 4.69) is 5.32 Å². The lowest BCUT2D eigenvalue weighted by molar-refractivity contribution is -0.140. The minimum atomic E-state index is -3.81. The number of sulfonamides is 1. The van der Waals surface area contributed by atoms with E-state index in [1.54, 1.807) is 25.1 Å². The van der Waals surface area contributed by atoms with Gasteiger partial charge in [0.25, 0.3) is 0 Å². The van der Waals surface area contributed by atoms with Crippen molar-refractivity contribution in [1.82, 2.24) is 10.2 Å². The highest BCUT2D eigenvalue weighted by atomic mass is 35.5. The van der Waals surface area contributed by atoms with Gasteiger partial charge in [-0.05, 0) is 61.9 Å². The van der Waals surface area contributed by atoms with Gasteiger partial charge in [-0.25, -0.2) is 8.42 Å². The van der Waals surface area contributed by atoms with E-state index in [-0.39, 0.29) is 18.5 Å². The Kier molecular flexibility index (Phi) is 9.41. The van der Waals surface area contributed by atoms with Gasteiger partial charge in [-0.15, -0.1) is 0 Å². The number of nitrogens with zero attached hydrogens (tertiary/aromatic N) is 2. The fraction of sp³-hybridized carbons (Fsp3) is 0.481. The summed E-state index contributed by atoms with van der Waals surface area (Å²) in [5, 5.41) is 3.53. The highest BCUT2D eigenvalue weighted by Crippen LogP contribution is 2.29. The average molecular weight is 534 g/mol. The molecule has 0 aliphatic heterocycles. The lowest BCUT2D eigenvalue weighted by Crippen LogP contribution is -2.53. The number of aryl methyl sites for hydroxylation is 1. The van der Waals surface area contributed by atoms with Crippen LogP contribution in [-0.2, 0) is 26.2 Å². The van der Waals surface area contributed by atoms with Gasteiger partial charge in [-0.1, -0.05) is 61.7 Å². The molecule has 36 heavy (non-hydrogen) atoms. The van der Waals surface area contributed by atoms with E-state index in [4.69, 9.17) is 11.6 Å². The first kappa shape index (κ1) is 28.0. The average Bonchev–Trinajstić information content (AvgIpc) is 3.33. The Bertz CT molecular complexity index is 1200. The molecule has 1 atom stereocenters.